The van der Waals surface area contributed by atoms with Gasteiger partial charge in [-0.05, 0) is 18.6 Å². The van der Waals surface area contributed by atoms with Crippen molar-refractivity contribution in [1.29, 1.82) is 0 Å². The van der Waals surface area contributed by atoms with Crippen LogP contribution in [0.1, 0.15) is 81.5 Å². The van der Waals surface area contributed by atoms with Gasteiger partial charge in [0.15, 0.2) is 0 Å². The molecule has 0 heterocycles. The van der Waals surface area contributed by atoms with Crippen LogP contribution in [0.3, 0.4) is 0 Å². The number of hydrogen-bond donors (Lipinski definition) is 0. The van der Waals surface area contributed by atoms with Crippen LogP contribution in [-0.4, -0.2) is 11.7 Å². The third kappa shape index (κ3) is 9.88. The number of carbonyl (C=O) groups is 1. The molecule has 3 heteroatoms. The first kappa shape index (κ1) is 19.1. The standard InChI is InChI=1S/C19H30O2S/c1-2-3-4-5-6-7-8-9-10-14-17-22-21-19(20)18-15-12-11-13-16-18/h11-13,15-16H,2-10,14,17H2,1H3. The molecule has 0 aromatic heterocycles. The molecule has 0 aliphatic carbocycles. The molecular weight excluding hydrogens is 292 g/mol. The molecule has 2 nitrogen and oxygen atoms in total. The van der Waals surface area contributed by atoms with Crippen LogP contribution >= 0.6 is 12.0 Å². The molecule has 0 atom stereocenters. The summed E-state index contributed by atoms with van der Waals surface area (Å²) < 4.78 is 5.19. The third-order valence-corrected chi connectivity index (χ3v) is 4.45. The summed E-state index contributed by atoms with van der Waals surface area (Å²) in [5.41, 5.74) is 0.623. The SMILES string of the molecule is CCCCCCCCCCCCSOC(=O)c1ccccc1. The molecule has 22 heavy (non-hydrogen) atoms. The fraction of sp³-hybridized carbons (Fsp3) is 0.632. The summed E-state index contributed by atoms with van der Waals surface area (Å²) in [5, 5.41) is 0. The second-order valence-corrected chi connectivity index (χ2v) is 6.55. The lowest BCUT2D eigenvalue weighted by molar-refractivity contribution is 0.0768. The van der Waals surface area contributed by atoms with Crippen molar-refractivity contribution in [2.45, 2.75) is 71.1 Å². The molecule has 0 unspecified atom stereocenters. The van der Waals surface area contributed by atoms with Gasteiger partial charge in [0.2, 0.25) is 0 Å². The minimum atomic E-state index is -0.238. The maximum atomic E-state index is 11.7. The fourth-order valence-electron chi connectivity index (χ4n) is 2.37. The van der Waals surface area contributed by atoms with Crippen molar-refractivity contribution < 1.29 is 8.98 Å². The Labute approximate surface area is 140 Å². The Bertz CT molecular complexity index is 378. The van der Waals surface area contributed by atoms with E-state index >= 15 is 0 Å². The van der Waals surface area contributed by atoms with Crippen LogP contribution in [0.5, 0.6) is 0 Å². The number of benzene rings is 1. The molecule has 124 valence electrons. The van der Waals surface area contributed by atoms with E-state index in [1.807, 2.05) is 18.2 Å². The van der Waals surface area contributed by atoms with Crippen molar-refractivity contribution in [2.75, 3.05) is 5.75 Å². The molecule has 0 saturated heterocycles. The Morgan fingerprint density at radius 1 is 0.864 bits per heavy atom. The van der Waals surface area contributed by atoms with Crippen LogP contribution in [0.15, 0.2) is 30.3 Å². The highest BCUT2D eigenvalue weighted by Crippen LogP contribution is 2.14. The molecule has 0 saturated carbocycles. The van der Waals surface area contributed by atoms with E-state index in [0.717, 1.165) is 12.2 Å². The zero-order valence-corrected chi connectivity index (χ0v) is 14.7. The van der Waals surface area contributed by atoms with Gasteiger partial charge in [0.25, 0.3) is 0 Å². The molecule has 1 aromatic carbocycles. The van der Waals surface area contributed by atoms with Crippen LogP contribution in [0, 0.1) is 0 Å². The normalized spacial score (nSPS) is 10.6. The summed E-state index contributed by atoms with van der Waals surface area (Å²) in [6.07, 6.45) is 13.3. The number of unbranched alkanes of at least 4 members (excludes halogenated alkanes) is 9. The molecule has 0 aliphatic heterocycles. The van der Waals surface area contributed by atoms with Gasteiger partial charge in [0.05, 0.1) is 17.6 Å². The van der Waals surface area contributed by atoms with Crippen molar-refractivity contribution >= 4 is 18.0 Å². The Hall–Kier alpha value is -0.960. The minimum Gasteiger partial charge on any atom is -0.388 e. The van der Waals surface area contributed by atoms with Gasteiger partial charge in [-0.25, -0.2) is 4.79 Å². The first-order chi connectivity index (χ1) is 10.8. The van der Waals surface area contributed by atoms with Gasteiger partial charge < -0.3 is 4.18 Å². The van der Waals surface area contributed by atoms with Crippen molar-refractivity contribution in [3.05, 3.63) is 35.9 Å². The first-order valence-corrected chi connectivity index (χ1v) is 9.64. The smallest absolute Gasteiger partial charge is 0.350 e. The molecular formula is C19H30O2S. The van der Waals surface area contributed by atoms with Gasteiger partial charge in [0.1, 0.15) is 0 Å². The van der Waals surface area contributed by atoms with Crippen molar-refractivity contribution in [2.24, 2.45) is 0 Å². The summed E-state index contributed by atoms with van der Waals surface area (Å²) in [6.45, 7) is 2.26. The predicted molar refractivity (Wildman–Crippen MR) is 96.2 cm³/mol. The summed E-state index contributed by atoms with van der Waals surface area (Å²) in [5.74, 6) is 0.660. The number of hydrogen-bond acceptors (Lipinski definition) is 3. The predicted octanol–water partition coefficient (Wildman–Crippen LogP) is 6.41. The van der Waals surface area contributed by atoms with Crippen LogP contribution < -0.4 is 0 Å². The average molecular weight is 323 g/mol. The van der Waals surface area contributed by atoms with E-state index in [1.54, 1.807) is 12.1 Å². The Morgan fingerprint density at radius 3 is 2.00 bits per heavy atom. The maximum Gasteiger partial charge on any atom is 0.350 e. The Kier molecular flexibility index (Phi) is 11.9. The number of carbonyl (C=O) groups excluding carboxylic acids is 1. The third-order valence-electron chi connectivity index (χ3n) is 3.73. The summed E-state index contributed by atoms with van der Waals surface area (Å²) >= 11 is 1.28. The quantitative estimate of drug-likeness (QED) is 0.310. The largest absolute Gasteiger partial charge is 0.388 e. The van der Waals surface area contributed by atoms with E-state index in [0.29, 0.717) is 5.56 Å². The molecule has 0 aliphatic rings. The molecule has 0 fully saturated rings. The summed E-state index contributed by atoms with van der Waals surface area (Å²) in [7, 11) is 0. The van der Waals surface area contributed by atoms with Crippen LogP contribution in [0.2, 0.25) is 0 Å². The summed E-state index contributed by atoms with van der Waals surface area (Å²) in [6, 6.07) is 9.16. The monoisotopic (exact) mass is 322 g/mol. The Balaban J connectivity index is 1.85. The fourth-order valence-corrected chi connectivity index (χ4v) is 2.97. The Morgan fingerprint density at radius 2 is 1.41 bits per heavy atom. The van der Waals surface area contributed by atoms with Gasteiger partial charge in [0, 0.05) is 5.75 Å². The van der Waals surface area contributed by atoms with Gasteiger partial charge in [-0.2, -0.15) is 0 Å². The lowest BCUT2D eigenvalue weighted by atomic mass is 10.1. The molecule has 0 amide bonds. The van der Waals surface area contributed by atoms with E-state index in [4.69, 9.17) is 4.18 Å². The maximum absolute atomic E-state index is 11.7. The minimum absolute atomic E-state index is 0.238. The highest BCUT2D eigenvalue weighted by molar-refractivity contribution is 7.95. The summed E-state index contributed by atoms with van der Waals surface area (Å²) in [4.78, 5) is 11.7. The van der Waals surface area contributed by atoms with Crippen LogP contribution in [0.25, 0.3) is 0 Å². The zero-order valence-electron chi connectivity index (χ0n) is 13.9. The van der Waals surface area contributed by atoms with Crippen LogP contribution in [-0.2, 0) is 4.18 Å². The van der Waals surface area contributed by atoms with Crippen molar-refractivity contribution in [1.82, 2.24) is 0 Å². The lowest BCUT2D eigenvalue weighted by Crippen LogP contribution is -1.99. The van der Waals surface area contributed by atoms with Gasteiger partial charge in [-0.1, -0.05) is 82.9 Å². The second kappa shape index (κ2) is 13.7. The number of rotatable bonds is 13. The van der Waals surface area contributed by atoms with E-state index in [2.05, 4.69) is 6.92 Å². The van der Waals surface area contributed by atoms with E-state index in [-0.39, 0.29) is 5.97 Å². The average Bonchev–Trinajstić information content (AvgIpc) is 2.56. The topological polar surface area (TPSA) is 26.3 Å². The van der Waals surface area contributed by atoms with Gasteiger partial charge in [-0.15, -0.1) is 0 Å². The first-order valence-electron chi connectivity index (χ1n) is 8.73. The van der Waals surface area contributed by atoms with Gasteiger partial charge in [-0.3, -0.25) is 0 Å². The molecule has 0 radical (unpaired) electrons. The van der Waals surface area contributed by atoms with Crippen molar-refractivity contribution in [3.8, 4) is 0 Å². The molecule has 0 N–H and O–H groups in total. The van der Waals surface area contributed by atoms with E-state index in [9.17, 15) is 4.79 Å². The molecule has 1 aromatic rings. The zero-order chi connectivity index (χ0) is 15.9. The van der Waals surface area contributed by atoms with Crippen molar-refractivity contribution in [3.63, 3.8) is 0 Å². The molecule has 0 bridgehead atoms. The lowest BCUT2D eigenvalue weighted by Gasteiger charge is -2.03. The molecule has 1 rings (SSSR count). The van der Waals surface area contributed by atoms with E-state index < -0.39 is 0 Å². The van der Waals surface area contributed by atoms with Gasteiger partial charge >= 0.3 is 5.97 Å². The molecule has 0 spiro atoms. The highest BCUT2D eigenvalue weighted by atomic mass is 32.2. The second-order valence-electron chi connectivity index (χ2n) is 5.74. The van der Waals surface area contributed by atoms with Crippen LogP contribution in [0.4, 0.5) is 0 Å². The van der Waals surface area contributed by atoms with E-state index in [1.165, 1.54) is 69.8 Å². The highest BCUT2D eigenvalue weighted by Gasteiger charge is 2.05.